The summed E-state index contributed by atoms with van der Waals surface area (Å²) in [5.41, 5.74) is 1.17. The molecule has 0 saturated carbocycles. The maximum atomic E-state index is 12.2. The zero-order chi connectivity index (χ0) is 14.7. The molecule has 0 aliphatic heterocycles. The Labute approximate surface area is 121 Å². The second-order valence-corrected chi connectivity index (χ2v) is 4.96. The van der Waals surface area contributed by atoms with E-state index in [9.17, 15) is 15.0 Å². The molecule has 2 aromatic carbocycles. The van der Waals surface area contributed by atoms with E-state index in [1.165, 1.54) is 23.1 Å². The lowest BCUT2D eigenvalue weighted by molar-refractivity contribution is 0.0784. The quantitative estimate of drug-likeness (QED) is 0.914. The molecule has 104 valence electrons. The molecule has 5 heteroatoms. The number of amides is 1. The van der Waals surface area contributed by atoms with Gasteiger partial charge < -0.3 is 15.1 Å². The van der Waals surface area contributed by atoms with Gasteiger partial charge in [0, 0.05) is 30.2 Å². The van der Waals surface area contributed by atoms with Gasteiger partial charge in [0.1, 0.15) is 11.5 Å². The Hall–Kier alpha value is -2.20. The summed E-state index contributed by atoms with van der Waals surface area (Å²) in [6.45, 7) is 0.409. The minimum Gasteiger partial charge on any atom is -0.508 e. The topological polar surface area (TPSA) is 60.8 Å². The molecule has 0 aliphatic carbocycles. The van der Waals surface area contributed by atoms with Gasteiger partial charge in [-0.25, -0.2) is 0 Å². The molecule has 0 saturated heterocycles. The van der Waals surface area contributed by atoms with Crippen LogP contribution in [0.15, 0.2) is 42.5 Å². The van der Waals surface area contributed by atoms with E-state index in [-0.39, 0.29) is 23.0 Å². The molecule has 20 heavy (non-hydrogen) atoms. The van der Waals surface area contributed by atoms with Crippen LogP contribution in [0.1, 0.15) is 15.9 Å². The summed E-state index contributed by atoms with van der Waals surface area (Å²) in [5, 5.41) is 19.4. The summed E-state index contributed by atoms with van der Waals surface area (Å²) in [5.74, 6) is -0.576. The lowest BCUT2D eigenvalue weighted by Crippen LogP contribution is -2.26. The predicted molar refractivity (Wildman–Crippen MR) is 77.0 cm³/mol. The third kappa shape index (κ3) is 3.42. The minimum atomic E-state index is -0.286. The number of nitrogens with zero attached hydrogens (tertiary/aromatic N) is 1. The molecule has 0 aromatic heterocycles. The first-order valence-corrected chi connectivity index (χ1v) is 6.36. The van der Waals surface area contributed by atoms with E-state index in [0.29, 0.717) is 11.6 Å². The summed E-state index contributed by atoms with van der Waals surface area (Å²) < 4.78 is 0. The number of aromatic hydroxyl groups is 2. The van der Waals surface area contributed by atoms with Gasteiger partial charge in [-0.2, -0.15) is 0 Å². The molecule has 0 unspecified atom stereocenters. The molecule has 0 fully saturated rings. The normalized spacial score (nSPS) is 10.3. The van der Waals surface area contributed by atoms with Crippen molar-refractivity contribution in [2.75, 3.05) is 7.05 Å². The van der Waals surface area contributed by atoms with E-state index in [4.69, 9.17) is 11.6 Å². The Morgan fingerprint density at radius 2 is 1.65 bits per heavy atom. The SMILES string of the molecule is CN(Cc1ccc(Cl)cc1)C(=O)c1cc(O)cc(O)c1. The van der Waals surface area contributed by atoms with E-state index in [0.717, 1.165) is 5.56 Å². The lowest BCUT2D eigenvalue weighted by Gasteiger charge is -2.17. The fourth-order valence-electron chi connectivity index (χ4n) is 1.87. The molecule has 0 heterocycles. The van der Waals surface area contributed by atoms with E-state index in [2.05, 4.69) is 0 Å². The zero-order valence-corrected chi connectivity index (χ0v) is 11.6. The van der Waals surface area contributed by atoms with Gasteiger partial charge in [0.25, 0.3) is 5.91 Å². The smallest absolute Gasteiger partial charge is 0.254 e. The summed E-state index contributed by atoms with van der Waals surface area (Å²) in [6.07, 6.45) is 0. The maximum absolute atomic E-state index is 12.2. The van der Waals surface area contributed by atoms with Crippen LogP contribution in [-0.2, 0) is 6.54 Å². The van der Waals surface area contributed by atoms with Crippen LogP contribution in [0.25, 0.3) is 0 Å². The van der Waals surface area contributed by atoms with Gasteiger partial charge in [-0.1, -0.05) is 23.7 Å². The second-order valence-electron chi connectivity index (χ2n) is 4.53. The van der Waals surface area contributed by atoms with Gasteiger partial charge in [0.05, 0.1) is 0 Å². The van der Waals surface area contributed by atoms with Crippen molar-refractivity contribution in [2.24, 2.45) is 0 Å². The van der Waals surface area contributed by atoms with Crippen molar-refractivity contribution in [1.29, 1.82) is 0 Å². The first-order valence-electron chi connectivity index (χ1n) is 5.98. The highest BCUT2D eigenvalue weighted by Gasteiger charge is 2.14. The van der Waals surface area contributed by atoms with Gasteiger partial charge >= 0.3 is 0 Å². The molecular formula is C15H14ClNO3. The van der Waals surface area contributed by atoms with E-state index < -0.39 is 0 Å². The molecule has 2 rings (SSSR count). The molecule has 2 aromatic rings. The Morgan fingerprint density at radius 1 is 1.10 bits per heavy atom. The Kier molecular flexibility index (Phi) is 4.15. The molecule has 1 amide bonds. The number of hydrogen-bond acceptors (Lipinski definition) is 3. The number of rotatable bonds is 3. The Balaban J connectivity index is 2.14. The number of halogens is 1. The van der Waals surface area contributed by atoms with Crippen molar-refractivity contribution in [1.82, 2.24) is 4.90 Å². The van der Waals surface area contributed by atoms with Crippen LogP contribution < -0.4 is 0 Å². The first kappa shape index (κ1) is 14.2. The highest BCUT2D eigenvalue weighted by atomic mass is 35.5. The monoisotopic (exact) mass is 291 g/mol. The number of benzene rings is 2. The molecule has 0 aliphatic rings. The van der Waals surface area contributed by atoms with Gasteiger partial charge in [-0.05, 0) is 29.8 Å². The predicted octanol–water partition coefficient (Wildman–Crippen LogP) is 3.02. The van der Waals surface area contributed by atoms with Gasteiger partial charge in [-0.15, -0.1) is 0 Å². The summed E-state index contributed by atoms with van der Waals surface area (Å²) in [7, 11) is 1.65. The summed E-state index contributed by atoms with van der Waals surface area (Å²) in [4.78, 5) is 13.7. The van der Waals surface area contributed by atoms with Crippen molar-refractivity contribution >= 4 is 17.5 Å². The van der Waals surface area contributed by atoms with Crippen LogP contribution in [0.4, 0.5) is 0 Å². The zero-order valence-electron chi connectivity index (χ0n) is 10.9. The van der Waals surface area contributed by atoms with Crippen molar-refractivity contribution in [3.63, 3.8) is 0 Å². The molecule has 0 spiro atoms. The number of carbonyl (C=O) groups is 1. The molecular weight excluding hydrogens is 278 g/mol. The minimum absolute atomic E-state index is 0.145. The van der Waals surface area contributed by atoms with Gasteiger partial charge in [-0.3, -0.25) is 4.79 Å². The molecule has 4 nitrogen and oxygen atoms in total. The van der Waals surface area contributed by atoms with E-state index in [1.54, 1.807) is 19.2 Å². The second kappa shape index (κ2) is 5.84. The highest BCUT2D eigenvalue weighted by molar-refractivity contribution is 6.30. The third-order valence-electron chi connectivity index (χ3n) is 2.83. The average Bonchev–Trinajstić information content (AvgIpc) is 2.39. The molecule has 0 radical (unpaired) electrons. The number of phenols is 2. The van der Waals surface area contributed by atoms with Crippen molar-refractivity contribution in [3.8, 4) is 11.5 Å². The summed E-state index contributed by atoms with van der Waals surface area (Å²) in [6, 6.07) is 11.0. The van der Waals surface area contributed by atoms with Crippen LogP contribution in [-0.4, -0.2) is 28.1 Å². The third-order valence-corrected chi connectivity index (χ3v) is 3.08. The van der Waals surface area contributed by atoms with Crippen molar-refractivity contribution < 1.29 is 15.0 Å². The highest BCUT2D eigenvalue weighted by Crippen LogP contribution is 2.21. The van der Waals surface area contributed by atoms with E-state index in [1.807, 2.05) is 12.1 Å². The number of phenolic OH excluding ortho intramolecular Hbond substituents is 2. The number of carbonyl (C=O) groups excluding carboxylic acids is 1. The molecule has 2 N–H and O–H groups in total. The average molecular weight is 292 g/mol. The van der Waals surface area contributed by atoms with E-state index >= 15 is 0 Å². The fraction of sp³-hybridized carbons (Fsp3) is 0.133. The standard InChI is InChI=1S/C15H14ClNO3/c1-17(9-10-2-4-12(16)5-3-10)15(20)11-6-13(18)8-14(19)7-11/h2-8,18-19H,9H2,1H3. The van der Waals surface area contributed by atoms with Crippen LogP contribution in [0.3, 0.4) is 0 Å². The maximum Gasteiger partial charge on any atom is 0.254 e. The van der Waals surface area contributed by atoms with Crippen LogP contribution in [0.2, 0.25) is 5.02 Å². The van der Waals surface area contributed by atoms with Crippen molar-refractivity contribution in [2.45, 2.75) is 6.54 Å². The van der Waals surface area contributed by atoms with Gasteiger partial charge in [0.2, 0.25) is 0 Å². The van der Waals surface area contributed by atoms with Crippen LogP contribution >= 0.6 is 11.6 Å². The Bertz CT molecular complexity index is 605. The fourth-order valence-corrected chi connectivity index (χ4v) is 2.00. The van der Waals surface area contributed by atoms with Crippen molar-refractivity contribution in [3.05, 3.63) is 58.6 Å². The first-order chi connectivity index (χ1) is 9.45. The Morgan fingerprint density at radius 3 is 2.20 bits per heavy atom. The van der Waals surface area contributed by atoms with Gasteiger partial charge in [0.15, 0.2) is 0 Å². The number of hydrogen-bond donors (Lipinski definition) is 2. The lowest BCUT2D eigenvalue weighted by atomic mass is 10.1. The molecule has 0 atom stereocenters. The van der Waals surface area contributed by atoms with Crippen LogP contribution in [0.5, 0.6) is 11.5 Å². The van der Waals surface area contributed by atoms with Crippen LogP contribution in [0, 0.1) is 0 Å². The summed E-state index contributed by atoms with van der Waals surface area (Å²) >= 11 is 5.81. The molecule has 0 bridgehead atoms. The largest absolute Gasteiger partial charge is 0.508 e.